The molecule has 13 heavy (non-hydrogen) atoms. The third-order valence-electron chi connectivity index (χ3n) is 1.94. The first-order valence-electron chi connectivity index (χ1n) is 4.54. The van der Waals surface area contributed by atoms with E-state index in [1.165, 1.54) is 0 Å². The number of hydrogen-bond donors (Lipinski definition) is 2. The number of hydrogen-bond acceptors (Lipinski definition) is 3. The summed E-state index contributed by atoms with van der Waals surface area (Å²) in [7, 11) is 0. The van der Waals surface area contributed by atoms with Gasteiger partial charge in [-0.05, 0) is 0 Å². The average molecular weight is 183 g/mol. The third kappa shape index (κ3) is 2.54. The highest BCUT2D eigenvalue weighted by molar-refractivity contribution is 4.97. The van der Waals surface area contributed by atoms with Gasteiger partial charge in [-0.1, -0.05) is 13.8 Å². The molecule has 1 rings (SSSR count). The monoisotopic (exact) mass is 183 g/mol. The Kier molecular flexibility index (Phi) is 3.45. The molecule has 0 fully saturated rings. The van der Waals surface area contributed by atoms with Gasteiger partial charge in [0, 0.05) is 24.9 Å². The van der Waals surface area contributed by atoms with E-state index >= 15 is 0 Å². The van der Waals surface area contributed by atoms with Gasteiger partial charge in [0.2, 0.25) is 0 Å². The Labute approximate surface area is 78.4 Å². The van der Waals surface area contributed by atoms with Crippen LogP contribution in [0.1, 0.15) is 25.6 Å². The first-order valence-corrected chi connectivity index (χ1v) is 4.54. The lowest BCUT2D eigenvalue weighted by molar-refractivity contribution is 0.160. The zero-order valence-electron chi connectivity index (χ0n) is 8.14. The Balaban J connectivity index is 2.70. The highest BCUT2D eigenvalue weighted by Gasteiger charge is 2.09. The summed E-state index contributed by atoms with van der Waals surface area (Å²) in [5, 5.41) is 9.36. The van der Waals surface area contributed by atoms with Crippen molar-refractivity contribution in [1.82, 2.24) is 9.55 Å². The maximum atomic E-state index is 9.36. The number of nitrogens with two attached hydrogens (primary N) is 1. The van der Waals surface area contributed by atoms with Crippen LogP contribution in [-0.4, -0.2) is 27.3 Å². The molecule has 3 N–H and O–H groups in total. The lowest BCUT2D eigenvalue weighted by atomic mass is 10.2. The van der Waals surface area contributed by atoms with Crippen LogP contribution >= 0.6 is 0 Å². The Morgan fingerprint density at radius 3 is 2.85 bits per heavy atom. The van der Waals surface area contributed by atoms with Crippen molar-refractivity contribution in [2.75, 3.05) is 6.54 Å². The minimum Gasteiger partial charge on any atom is -0.390 e. The van der Waals surface area contributed by atoms with Gasteiger partial charge in [-0.25, -0.2) is 4.98 Å². The lowest BCUT2D eigenvalue weighted by Crippen LogP contribution is -2.25. The fraction of sp³-hybridized carbons (Fsp3) is 0.667. The molecule has 0 unspecified atom stereocenters. The quantitative estimate of drug-likeness (QED) is 0.707. The van der Waals surface area contributed by atoms with Gasteiger partial charge in [-0.3, -0.25) is 0 Å². The van der Waals surface area contributed by atoms with Crippen LogP contribution in [0, 0.1) is 0 Å². The second kappa shape index (κ2) is 4.39. The van der Waals surface area contributed by atoms with Gasteiger partial charge in [0.25, 0.3) is 0 Å². The molecule has 4 heteroatoms. The van der Waals surface area contributed by atoms with Crippen molar-refractivity contribution in [3.05, 3.63) is 18.2 Å². The van der Waals surface area contributed by atoms with Crippen molar-refractivity contribution in [2.45, 2.75) is 32.4 Å². The predicted octanol–water partition coefficient (Wildman–Crippen LogP) is 0.326. The summed E-state index contributed by atoms with van der Waals surface area (Å²) in [6.45, 7) is 4.97. The third-order valence-corrected chi connectivity index (χ3v) is 1.94. The highest BCUT2D eigenvalue weighted by Crippen LogP contribution is 2.11. The van der Waals surface area contributed by atoms with Gasteiger partial charge >= 0.3 is 0 Å². The molecule has 1 aromatic heterocycles. The van der Waals surface area contributed by atoms with Crippen LogP contribution in [0.25, 0.3) is 0 Å². The number of aliphatic hydroxyl groups is 1. The smallest absolute Gasteiger partial charge is 0.111 e. The Bertz CT molecular complexity index is 257. The molecule has 0 spiro atoms. The van der Waals surface area contributed by atoms with Crippen molar-refractivity contribution in [1.29, 1.82) is 0 Å². The molecule has 0 aliphatic heterocycles. The normalized spacial score (nSPS) is 13.6. The maximum absolute atomic E-state index is 9.36. The van der Waals surface area contributed by atoms with E-state index in [4.69, 9.17) is 5.73 Å². The Morgan fingerprint density at radius 2 is 2.31 bits per heavy atom. The number of imidazole rings is 1. The molecular weight excluding hydrogens is 166 g/mol. The molecule has 1 heterocycles. The molecule has 1 aromatic rings. The molecule has 74 valence electrons. The number of aliphatic hydroxyl groups excluding tert-OH is 1. The van der Waals surface area contributed by atoms with Crippen molar-refractivity contribution in [3.63, 3.8) is 0 Å². The van der Waals surface area contributed by atoms with E-state index in [0.29, 0.717) is 12.5 Å². The predicted molar refractivity (Wildman–Crippen MR) is 51.4 cm³/mol. The molecule has 0 radical (unpaired) electrons. The minimum atomic E-state index is -0.480. The molecule has 0 aliphatic carbocycles. The van der Waals surface area contributed by atoms with E-state index in [2.05, 4.69) is 18.8 Å². The number of nitrogens with zero attached hydrogens (tertiary/aromatic N) is 2. The fourth-order valence-electron chi connectivity index (χ4n) is 1.28. The maximum Gasteiger partial charge on any atom is 0.111 e. The molecule has 0 saturated heterocycles. The summed E-state index contributed by atoms with van der Waals surface area (Å²) in [5.41, 5.74) is 5.33. The Morgan fingerprint density at radius 1 is 1.62 bits per heavy atom. The fourth-order valence-corrected chi connectivity index (χ4v) is 1.28. The lowest BCUT2D eigenvalue weighted by Gasteiger charge is -2.13. The van der Waals surface area contributed by atoms with E-state index < -0.39 is 6.10 Å². The largest absolute Gasteiger partial charge is 0.390 e. The van der Waals surface area contributed by atoms with Gasteiger partial charge in [0.15, 0.2) is 0 Å². The first-order chi connectivity index (χ1) is 6.15. The second-order valence-electron chi connectivity index (χ2n) is 3.48. The molecular formula is C9H17N3O. The van der Waals surface area contributed by atoms with Crippen LogP contribution < -0.4 is 5.73 Å². The molecule has 0 aliphatic rings. The van der Waals surface area contributed by atoms with Crippen molar-refractivity contribution in [3.8, 4) is 0 Å². The zero-order valence-corrected chi connectivity index (χ0v) is 8.14. The summed E-state index contributed by atoms with van der Waals surface area (Å²) in [6.07, 6.45) is 3.14. The standard InChI is InChI=1S/C9H17N3O/c1-7(2)9-11-3-4-12(9)6-8(13)5-10/h3-4,7-8,13H,5-6,10H2,1-2H3/t8-/m1/s1. The molecule has 0 saturated carbocycles. The van der Waals surface area contributed by atoms with Crippen molar-refractivity contribution < 1.29 is 5.11 Å². The minimum absolute atomic E-state index is 0.287. The second-order valence-corrected chi connectivity index (χ2v) is 3.48. The summed E-state index contributed by atoms with van der Waals surface area (Å²) >= 11 is 0. The average Bonchev–Trinajstić information content (AvgIpc) is 2.52. The van der Waals surface area contributed by atoms with Crippen LogP contribution in [-0.2, 0) is 6.54 Å². The zero-order chi connectivity index (χ0) is 9.84. The van der Waals surface area contributed by atoms with Crippen LogP contribution in [0.2, 0.25) is 0 Å². The first kappa shape index (κ1) is 10.2. The van der Waals surface area contributed by atoms with E-state index in [1.807, 2.05) is 10.8 Å². The summed E-state index contributed by atoms with van der Waals surface area (Å²) in [6, 6.07) is 0. The summed E-state index contributed by atoms with van der Waals surface area (Å²) in [4.78, 5) is 4.21. The molecule has 0 bridgehead atoms. The van der Waals surface area contributed by atoms with Crippen LogP contribution in [0.4, 0.5) is 0 Å². The number of aromatic nitrogens is 2. The van der Waals surface area contributed by atoms with E-state index in [9.17, 15) is 5.11 Å². The van der Waals surface area contributed by atoms with Gasteiger partial charge in [-0.2, -0.15) is 0 Å². The van der Waals surface area contributed by atoms with Gasteiger partial charge in [0.1, 0.15) is 5.82 Å². The van der Waals surface area contributed by atoms with E-state index in [1.54, 1.807) is 6.20 Å². The van der Waals surface area contributed by atoms with E-state index in [-0.39, 0.29) is 6.54 Å². The Hall–Kier alpha value is -0.870. The van der Waals surface area contributed by atoms with Crippen molar-refractivity contribution in [2.24, 2.45) is 5.73 Å². The van der Waals surface area contributed by atoms with E-state index in [0.717, 1.165) is 5.82 Å². The SMILES string of the molecule is CC(C)c1nccn1C[C@H](O)CN. The molecule has 0 amide bonds. The molecule has 0 aromatic carbocycles. The highest BCUT2D eigenvalue weighted by atomic mass is 16.3. The van der Waals surface area contributed by atoms with Crippen molar-refractivity contribution >= 4 is 0 Å². The van der Waals surface area contributed by atoms with Gasteiger partial charge < -0.3 is 15.4 Å². The van der Waals surface area contributed by atoms with Gasteiger partial charge in [-0.15, -0.1) is 0 Å². The molecule has 4 nitrogen and oxygen atoms in total. The number of rotatable bonds is 4. The van der Waals surface area contributed by atoms with Crippen LogP contribution in [0.15, 0.2) is 12.4 Å². The summed E-state index contributed by atoms with van der Waals surface area (Å²) < 4.78 is 1.95. The molecule has 1 atom stereocenters. The topological polar surface area (TPSA) is 64.1 Å². The van der Waals surface area contributed by atoms with Crippen LogP contribution in [0.5, 0.6) is 0 Å². The van der Waals surface area contributed by atoms with Gasteiger partial charge in [0.05, 0.1) is 12.6 Å². The summed E-state index contributed by atoms with van der Waals surface area (Å²) in [5.74, 6) is 1.37. The van der Waals surface area contributed by atoms with Crippen LogP contribution in [0.3, 0.4) is 0 Å².